The fraction of sp³-hybridized carbons (Fsp3) is 0.100. The van der Waals surface area contributed by atoms with E-state index in [0.29, 0.717) is 0 Å². The fourth-order valence-corrected chi connectivity index (χ4v) is 2.54. The summed E-state index contributed by atoms with van der Waals surface area (Å²) in [5.74, 6) is 0. The molecule has 0 amide bonds. The Balaban J connectivity index is 0.00000161. The number of benzene rings is 3. The van der Waals surface area contributed by atoms with Gasteiger partial charge in [-0.3, -0.25) is 0 Å². The SMILES string of the molecule is C.OC(c1ccccc1)(c1ccccc1)c1ccccc1. The van der Waals surface area contributed by atoms with Gasteiger partial charge in [-0.1, -0.05) is 98.4 Å². The lowest BCUT2D eigenvalue weighted by molar-refractivity contribution is 0.125. The van der Waals surface area contributed by atoms with Crippen molar-refractivity contribution in [1.29, 1.82) is 0 Å². The summed E-state index contributed by atoms with van der Waals surface area (Å²) in [6, 6.07) is 29.3. The molecule has 106 valence electrons. The standard InChI is InChI=1S/C19H16O.CH4/c20-19(16-10-4-1-5-11-16,17-12-6-2-7-13-17)18-14-8-3-9-15-18;/h1-15,20H;1H4. The lowest BCUT2D eigenvalue weighted by Gasteiger charge is -2.30. The molecule has 0 aliphatic heterocycles. The molecule has 0 heterocycles. The van der Waals surface area contributed by atoms with Crippen LogP contribution in [0.4, 0.5) is 0 Å². The van der Waals surface area contributed by atoms with Crippen molar-refractivity contribution >= 4 is 0 Å². The van der Waals surface area contributed by atoms with Crippen LogP contribution < -0.4 is 0 Å². The van der Waals surface area contributed by atoms with Crippen LogP contribution in [0.25, 0.3) is 0 Å². The van der Waals surface area contributed by atoms with Crippen LogP contribution in [0.3, 0.4) is 0 Å². The highest BCUT2D eigenvalue weighted by Gasteiger charge is 2.33. The van der Waals surface area contributed by atoms with Gasteiger partial charge in [0.05, 0.1) is 0 Å². The van der Waals surface area contributed by atoms with E-state index in [0.717, 1.165) is 16.7 Å². The van der Waals surface area contributed by atoms with Crippen molar-refractivity contribution in [3.05, 3.63) is 108 Å². The molecule has 0 bridgehead atoms. The van der Waals surface area contributed by atoms with Crippen LogP contribution in [0.1, 0.15) is 24.1 Å². The van der Waals surface area contributed by atoms with Gasteiger partial charge in [-0.15, -0.1) is 0 Å². The molecular formula is C20H20O. The van der Waals surface area contributed by atoms with Gasteiger partial charge in [0.15, 0.2) is 0 Å². The molecule has 0 aliphatic rings. The number of aliphatic hydroxyl groups is 1. The number of hydrogen-bond donors (Lipinski definition) is 1. The molecule has 0 aliphatic carbocycles. The third-order valence-electron chi connectivity index (χ3n) is 3.57. The van der Waals surface area contributed by atoms with Crippen molar-refractivity contribution in [3.63, 3.8) is 0 Å². The zero-order valence-electron chi connectivity index (χ0n) is 11.1. The van der Waals surface area contributed by atoms with Gasteiger partial charge in [0.1, 0.15) is 5.60 Å². The highest BCUT2D eigenvalue weighted by molar-refractivity contribution is 5.46. The largest absolute Gasteiger partial charge is 0.376 e. The summed E-state index contributed by atoms with van der Waals surface area (Å²) in [7, 11) is 0. The molecule has 3 aromatic carbocycles. The van der Waals surface area contributed by atoms with Crippen molar-refractivity contribution in [2.24, 2.45) is 0 Å². The van der Waals surface area contributed by atoms with Crippen LogP contribution >= 0.6 is 0 Å². The van der Waals surface area contributed by atoms with Crippen LogP contribution in [0.2, 0.25) is 0 Å². The Morgan fingerprint density at radius 1 is 0.476 bits per heavy atom. The first-order valence-corrected chi connectivity index (χ1v) is 6.71. The highest BCUT2D eigenvalue weighted by Crippen LogP contribution is 2.36. The minimum absolute atomic E-state index is 0. The minimum atomic E-state index is -1.12. The van der Waals surface area contributed by atoms with Crippen LogP contribution in [-0.2, 0) is 5.60 Å². The van der Waals surface area contributed by atoms with Crippen molar-refractivity contribution in [1.82, 2.24) is 0 Å². The third-order valence-corrected chi connectivity index (χ3v) is 3.57. The Kier molecular flexibility index (Phi) is 4.56. The average molecular weight is 276 g/mol. The molecule has 1 heteroatoms. The summed E-state index contributed by atoms with van der Waals surface area (Å²) >= 11 is 0. The van der Waals surface area contributed by atoms with Crippen molar-refractivity contribution < 1.29 is 5.11 Å². The summed E-state index contributed by atoms with van der Waals surface area (Å²) in [5, 5.41) is 11.4. The van der Waals surface area contributed by atoms with Gasteiger partial charge in [-0.25, -0.2) is 0 Å². The van der Waals surface area contributed by atoms with Gasteiger partial charge in [0.2, 0.25) is 0 Å². The molecule has 0 unspecified atom stereocenters. The van der Waals surface area contributed by atoms with Crippen molar-refractivity contribution in [3.8, 4) is 0 Å². The Bertz CT molecular complexity index is 563. The summed E-state index contributed by atoms with van der Waals surface area (Å²) in [5.41, 5.74) is 1.50. The second kappa shape index (κ2) is 6.38. The van der Waals surface area contributed by atoms with E-state index in [-0.39, 0.29) is 7.43 Å². The van der Waals surface area contributed by atoms with Crippen LogP contribution in [-0.4, -0.2) is 5.11 Å². The minimum Gasteiger partial charge on any atom is -0.376 e. The molecule has 21 heavy (non-hydrogen) atoms. The van der Waals surface area contributed by atoms with E-state index in [1.165, 1.54) is 0 Å². The smallest absolute Gasteiger partial charge is 0.140 e. The second-order valence-corrected chi connectivity index (χ2v) is 4.81. The Hall–Kier alpha value is -2.38. The molecule has 0 spiro atoms. The zero-order chi connectivity index (χ0) is 13.8. The van der Waals surface area contributed by atoms with Gasteiger partial charge in [0.25, 0.3) is 0 Å². The van der Waals surface area contributed by atoms with Gasteiger partial charge < -0.3 is 5.11 Å². The number of hydrogen-bond acceptors (Lipinski definition) is 1. The van der Waals surface area contributed by atoms with E-state index in [9.17, 15) is 5.11 Å². The van der Waals surface area contributed by atoms with Gasteiger partial charge in [-0.2, -0.15) is 0 Å². The number of rotatable bonds is 3. The Morgan fingerprint density at radius 2 is 0.714 bits per heavy atom. The van der Waals surface area contributed by atoms with Crippen molar-refractivity contribution in [2.75, 3.05) is 0 Å². The first kappa shape index (κ1) is 15.0. The summed E-state index contributed by atoms with van der Waals surface area (Å²) in [6.45, 7) is 0. The molecule has 0 aromatic heterocycles. The van der Waals surface area contributed by atoms with E-state index in [4.69, 9.17) is 0 Å². The maximum absolute atomic E-state index is 11.4. The quantitative estimate of drug-likeness (QED) is 0.693. The molecule has 0 radical (unpaired) electrons. The van der Waals surface area contributed by atoms with Crippen LogP contribution in [0.15, 0.2) is 91.0 Å². The first-order chi connectivity index (χ1) is 9.82. The Morgan fingerprint density at radius 3 is 0.952 bits per heavy atom. The zero-order valence-corrected chi connectivity index (χ0v) is 11.1. The molecule has 0 fully saturated rings. The predicted molar refractivity (Wildman–Crippen MR) is 88.2 cm³/mol. The molecule has 3 aromatic rings. The normalized spacial score (nSPS) is 10.7. The molecule has 0 saturated carbocycles. The Labute approximate surface area is 126 Å². The summed E-state index contributed by atoms with van der Waals surface area (Å²) in [6.07, 6.45) is 0. The van der Waals surface area contributed by atoms with Gasteiger partial charge in [-0.05, 0) is 16.7 Å². The lowest BCUT2D eigenvalue weighted by Crippen LogP contribution is -2.28. The molecular weight excluding hydrogens is 256 g/mol. The van der Waals surface area contributed by atoms with Gasteiger partial charge in [0, 0.05) is 0 Å². The second-order valence-electron chi connectivity index (χ2n) is 4.81. The first-order valence-electron chi connectivity index (χ1n) is 6.71. The van der Waals surface area contributed by atoms with Gasteiger partial charge >= 0.3 is 0 Å². The van der Waals surface area contributed by atoms with E-state index in [1.807, 2.05) is 91.0 Å². The summed E-state index contributed by atoms with van der Waals surface area (Å²) in [4.78, 5) is 0. The summed E-state index contributed by atoms with van der Waals surface area (Å²) < 4.78 is 0. The molecule has 0 saturated heterocycles. The van der Waals surface area contributed by atoms with Crippen molar-refractivity contribution in [2.45, 2.75) is 13.0 Å². The topological polar surface area (TPSA) is 20.2 Å². The third kappa shape index (κ3) is 2.74. The van der Waals surface area contributed by atoms with Crippen LogP contribution in [0, 0.1) is 0 Å². The highest BCUT2D eigenvalue weighted by atomic mass is 16.3. The maximum atomic E-state index is 11.4. The fourth-order valence-electron chi connectivity index (χ4n) is 2.54. The predicted octanol–water partition coefficient (Wildman–Crippen LogP) is 4.61. The average Bonchev–Trinajstić information content (AvgIpc) is 2.56. The lowest BCUT2D eigenvalue weighted by atomic mass is 9.80. The molecule has 1 nitrogen and oxygen atoms in total. The monoisotopic (exact) mass is 276 g/mol. The van der Waals surface area contributed by atoms with Crippen LogP contribution in [0.5, 0.6) is 0 Å². The van der Waals surface area contributed by atoms with E-state index >= 15 is 0 Å². The van der Waals surface area contributed by atoms with E-state index < -0.39 is 5.60 Å². The molecule has 3 rings (SSSR count). The molecule has 1 N–H and O–H groups in total. The van der Waals surface area contributed by atoms with E-state index in [2.05, 4.69) is 0 Å². The maximum Gasteiger partial charge on any atom is 0.140 e. The van der Waals surface area contributed by atoms with E-state index in [1.54, 1.807) is 0 Å². The molecule has 0 atom stereocenters.